The summed E-state index contributed by atoms with van der Waals surface area (Å²) in [6.07, 6.45) is 5.36. The number of carboxylic acids is 2. The Bertz CT molecular complexity index is 759. The topological polar surface area (TPSA) is 101 Å². The van der Waals surface area contributed by atoms with E-state index in [2.05, 4.69) is 27.7 Å². The number of carbonyl (C=O) groups is 3. The predicted molar refractivity (Wildman–Crippen MR) is 116 cm³/mol. The van der Waals surface area contributed by atoms with E-state index in [0.29, 0.717) is 24.7 Å². The smallest absolute Gasteiger partial charge is 0.307 e. The molecule has 0 amide bonds. The molecule has 3 fully saturated rings. The summed E-state index contributed by atoms with van der Waals surface area (Å²) in [6.45, 7) is 12.6. The highest BCUT2D eigenvalue weighted by molar-refractivity contribution is 5.72. The third-order valence-corrected chi connectivity index (χ3v) is 10.3. The van der Waals surface area contributed by atoms with E-state index in [1.165, 1.54) is 6.92 Å². The van der Waals surface area contributed by atoms with Crippen LogP contribution in [-0.4, -0.2) is 34.2 Å². The number of carboxylic acid groups (broad SMARTS) is 2. The van der Waals surface area contributed by atoms with Gasteiger partial charge >= 0.3 is 17.9 Å². The Morgan fingerprint density at radius 3 is 2.10 bits per heavy atom. The van der Waals surface area contributed by atoms with Crippen LogP contribution in [0.1, 0.15) is 92.9 Å². The van der Waals surface area contributed by atoms with Crippen LogP contribution in [0.2, 0.25) is 0 Å². The molecule has 0 aliphatic heterocycles. The molecule has 6 heteroatoms. The second-order valence-corrected chi connectivity index (χ2v) is 11.8. The van der Waals surface area contributed by atoms with Crippen molar-refractivity contribution < 1.29 is 29.3 Å². The maximum Gasteiger partial charge on any atom is 0.307 e. The molecule has 2 N–H and O–H groups in total. The predicted octanol–water partition coefficient (Wildman–Crippen LogP) is 5.14. The fourth-order valence-corrected chi connectivity index (χ4v) is 8.54. The Hall–Kier alpha value is -1.59. The summed E-state index contributed by atoms with van der Waals surface area (Å²) in [4.78, 5) is 35.4. The molecule has 0 aromatic heterocycles. The van der Waals surface area contributed by atoms with Crippen LogP contribution in [0, 0.1) is 39.4 Å². The normalized spacial score (nSPS) is 43.9. The summed E-state index contributed by atoms with van der Waals surface area (Å²) in [7, 11) is 0. The lowest BCUT2D eigenvalue weighted by Crippen LogP contribution is -2.65. The monoisotopic (exact) mass is 436 g/mol. The van der Waals surface area contributed by atoms with Crippen molar-refractivity contribution in [3.8, 4) is 0 Å². The number of ether oxygens (including phenoxy) is 1. The quantitative estimate of drug-likeness (QED) is 0.579. The standard InChI is InChI=1S/C25H40O6/c1-15(26)31-19-10-12-23(4)17(22(19,2)3)9-13-25(6)18(23)8-7-16(21(29)30)24(25,5)14-11-20(27)28/h16-19H,7-14H2,1-6H3,(H,27,28)(H,29,30)/t16-,17?,18?,19+,23+,24-,25-/m1/s1. The van der Waals surface area contributed by atoms with Gasteiger partial charge in [0, 0.05) is 18.8 Å². The Morgan fingerprint density at radius 2 is 1.55 bits per heavy atom. The van der Waals surface area contributed by atoms with Crippen LogP contribution in [0.25, 0.3) is 0 Å². The van der Waals surface area contributed by atoms with Gasteiger partial charge in [0.25, 0.3) is 0 Å². The van der Waals surface area contributed by atoms with Crippen molar-refractivity contribution >= 4 is 17.9 Å². The van der Waals surface area contributed by atoms with Gasteiger partial charge in [-0.25, -0.2) is 0 Å². The zero-order chi connectivity index (χ0) is 23.4. The van der Waals surface area contributed by atoms with Gasteiger partial charge in [0.1, 0.15) is 6.10 Å². The molecule has 0 aromatic carbocycles. The lowest BCUT2D eigenvalue weighted by atomic mass is 9.35. The van der Waals surface area contributed by atoms with Gasteiger partial charge in [0.05, 0.1) is 5.92 Å². The van der Waals surface area contributed by atoms with Crippen LogP contribution in [-0.2, 0) is 19.1 Å². The second kappa shape index (κ2) is 7.77. The number of esters is 1. The summed E-state index contributed by atoms with van der Waals surface area (Å²) in [5.74, 6) is -1.70. The molecule has 0 aromatic rings. The van der Waals surface area contributed by atoms with Crippen LogP contribution in [0.5, 0.6) is 0 Å². The summed E-state index contributed by atoms with van der Waals surface area (Å²) in [5, 5.41) is 19.4. The molecule has 6 nitrogen and oxygen atoms in total. The van der Waals surface area contributed by atoms with E-state index in [1.807, 2.05) is 6.92 Å². The van der Waals surface area contributed by atoms with E-state index in [9.17, 15) is 24.6 Å². The molecule has 0 radical (unpaired) electrons. The van der Waals surface area contributed by atoms with Crippen molar-refractivity contribution in [1.82, 2.24) is 0 Å². The van der Waals surface area contributed by atoms with Gasteiger partial charge in [-0.2, -0.15) is 0 Å². The average Bonchev–Trinajstić information content (AvgIpc) is 2.63. The Kier molecular flexibility index (Phi) is 6.03. The molecule has 176 valence electrons. The highest BCUT2D eigenvalue weighted by Gasteiger charge is 2.67. The van der Waals surface area contributed by atoms with Gasteiger partial charge in [-0.15, -0.1) is 0 Å². The molecule has 7 atom stereocenters. The van der Waals surface area contributed by atoms with Crippen molar-refractivity contribution in [2.24, 2.45) is 39.4 Å². The molecular formula is C25H40O6. The van der Waals surface area contributed by atoms with Gasteiger partial charge in [-0.3, -0.25) is 14.4 Å². The summed E-state index contributed by atoms with van der Waals surface area (Å²) in [6, 6.07) is 0. The van der Waals surface area contributed by atoms with Gasteiger partial charge in [-0.05, 0) is 73.0 Å². The first kappa shape index (κ1) is 24.1. The first-order chi connectivity index (χ1) is 14.2. The van der Waals surface area contributed by atoms with E-state index >= 15 is 0 Å². The van der Waals surface area contributed by atoms with Crippen molar-refractivity contribution in [3.63, 3.8) is 0 Å². The molecule has 0 heterocycles. The fourth-order valence-electron chi connectivity index (χ4n) is 8.54. The summed E-state index contributed by atoms with van der Waals surface area (Å²) >= 11 is 0. The van der Waals surface area contributed by atoms with E-state index in [1.54, 1.807) is 0 Å². The van der Waals surface area contributed by atoms with Crippen molar-refractivity contribution in [2.45, 2.75) is 99.0 Å². The summed E-state index contributed by atoms with van der Waals surface area (Å²) < 4.78 is 5.73. The molecular weight excluding hydrogens is 396 g/mol. The lowest BCUT2D eigenvalue weighted by Gasteiger charge is -2.70. The minimum Gasteiger partial charge on any atom is -0.481 e. The largest absolute Gasteiger partial charge is 0.481 e. The number of hydrogen-bond donors (Lipinski definition) is 2. The Balaban J connectivity index is 2.01. The first-order valence-corrected chi connectivity index (χ1v) is 11.8. The van der Waals surface area contributed by atoms with Gasteiger partial charge in [0.15, 0.2) is 0 Å². The van der Waals surface area contributed by atoms with E-state index in [0.717, 1.165) is 32.1 Å². The van der Waals surface area contributed by atoms with Crippen molar-refractivity contribution in [3.05, 3.63) is 0 Å². The van der Waals surface area contributed by atoms with Gasteiger partial charge in [-0.1, -0.05) is 34.6 Å². The fraction of sp³-hybridized carbons (Fsp3) is 0.880. The molecule has 3 aliphatic rings. The third-order valence-electron chi connectivity index (χ3n) is 10.3. The molecule has 0 bridgehead atoms. The molecule has 3 saturated carbocycles. The molecule has 31 heavy (non-hydrogen) atoms. The molecule has 0 saturated heterocycles. The van der Waals surface area contributed by atoms with Gasteiger partial charge in [0.2, 0.25) is 0 Å². The maximum absolute atomic E-state index is 12.2. The molecule has 2 unspecified atom stereocenters. The second-order valence-electron chi connectivity index (χ2n) is 11.8. The number of hydrogen-bond acceptors (Lipinski definition) is 4. The van der Waals surface area contributed by atoms with E-state index in [-0.39, 0.29) is 34.7 Å². The lowest BCUT2D eigenvalue weighted by molar-refractivity contribution is -0.232. The molecule has 3 aliphatic carbocycles. The highest BCUT2D eigenvalue weighted by Crippen LogP contribution is 2.73. The Morgan fingerprint density at radius 1 is 0.903 bits per heavy atom. The highest BCUT2D eigenvalue weighted by atomic mass is 16.5. The van der Waals surface area contributed by atoms with Crippen LogP contribution in [0.3, 0.4) is 0 Å². The van der Waals surface area contributed by atoms with E-state index in [4.69, 9.17) is 4.74 Å². The average molecular weight is 437 g/mol. The van der Waals surface area contributed by atoms with E-state index < -0.39 is 23.3 Å². The zero-order valence-electron chi connectivity index (χ0n) is 20.0. The third kappa shape index (κ3) is 3.58. The minimum atomic E-state index is -0.862. The van der Waals surface area contributed by atoms with Crippen LogP contribution in [0.15, 0.2) is 0 Å². The SMILES string of the molecule is CC(=O)O[C@H]1CC[C@@]2(C)C(CC[C@]3(C)C2CC[C@H](C(=O)O)[C@@]3(C)CCC(=O)O)C1(C)C. The number of aliphatic carboxylic acids is 2. The molecule has 0 spiro atoms. The first-order valence-electron chi connectivity index (χ1n) is 11.8. The van der Waals surface area contributed by atoms with Crippen LogP contribution < -0.4 is 0 Å². The zero-order valence-corrected chi connectivity index (χ0v) is 20.0. The van der Waals surface area contributed by atoms with Crippen LogP contribution >= 0.6 is 0 Å². The minimum absolute atomic E-state index is 0.00273. The Labute approximate surface area is 186 Å². The maximum atomic E-state index is 12.2. The number of fused-ring (bicyclic) bond motifs is 3. The van der Waals surface area contributed by atoms with Gasteiger partial charge < -0.3 is 14.9 Å². The van der Waals surface area contributed by atoms with Crippen molar-refractivity contribution in [1.29, 1.82) is 0 Å². The van der Waals surface area contributed by atoms with Crippen LogP contribution in [0.4, 0.5) is 0 Å². The number of rotatable bonds is 5. The molecule has 3 rings (SSSR count). The summed E-state index contributed by atoms with van der Waals surface area (Å²) in [5.41, 5.74) is -0.938. The van der Waals surface area contributed by atoms with Crippen molar-refractivity contribution in [2.75, 3.05) is 0 Å². The number of carbonyl (C=O) groups excluding carboxylic acids is 1.